The van der Waals surface area contributed by atoms with Gasteiger partial charge in [0.25, 0.3) is 5.91 Å². The van der Waals surface area contributed by atoms with Crippen LogP contribution in [0.2, 0.25) is 0 Å². The van der Waals surface area contributed by atoms with Gasteiger partial charge in [-0.25, -0.2) is 4.98 Å². The fourth-order valence-corrected chi connectivity index (χ4v) is 3.59. The van der Waals surface area contributed by atoms with Gasteiger partial charge in [0.15, 0.2) is 5.13 Å². The fourth-order valence-electron chi connectivity index (χ4n) is 2.65. The maximum Gasteiger partial charge on any atom is 0.267 e. The monoisotopic (exact) mass is 312 g/mol. The summed E-state index contributed by atoms with van der Waals surface area (Å²) in [5.41, 5.74) is 5.92. The molecule has 1 aromatic rings. The number of carbonyl (C=O) groups excluding carboxylic acids is 1. The summed E-state index contributed by atoms with van der Waals surface area (Å²) in [5.74, 6) is 0.700. The van der Waals surface area contributed by atoms with Gasteiger partial charge >= 0.3 is 0 Å². The predicted octanol–water partition coefficient (Wildman–Crippen LogP) is 1.42. The summed E-state index contributed by atoms with van der Waals surface area (Å²) in [7, 11) is 1.96. The molecule has 0 bridgehead atoms. The Kier molecular flexibility index (Phi) is 5.41. The van der Waals surface area contributed by atoms with Crippen molar-refractivity contribution in [3.63, 3.8) is 0 Å². The number of thiazole rings is 1. The summed E-state index contributed by atoms with van der Waals surface area (Å²) in [6.45, 7) is 4.62. The summed E-state index contributed by atoms with van der Waals surface area (Å²) in [6.07, 6.45) is 2.73. The fraction of sp³-hybridized carbons (Fsp3) is 0.714. The van der Waals surface area contributed by atoms with E-state index < -0.39 is 0 Å². The molecule has 1 unspecified atom stereocenters. The Bertz CT molecular complexity index is 491. The number of amides is 1. The van der Waals surface area contributed by atoms with E-state index in [-0.39, 0.29) is 12.5 Å². The van der Waals surface area contributed by atoms with E-state index in [0.717, 1.165) is 37.5 Å². The van der Waals surface area contributed by atoms with Gasteiger partial charge in [-0.05, 0) is 25.2 Å². The third-order valence-corrected chi connectivity index (χ3v) is 5.01. The Morgan fingerprint density at radius 2 is 2.38 bits per heavy atom. The smallest absolute Gasteiger partial charge is 0.267 e. The molecule has 0 aromatic carbocycles. The number of nitrogens with zero attached hydrogens (tertiary/aromatic N) is 3. The molecule has 0 spiro atoms. The van der Waals surface area contributed by atoms with Crippen molar-refractivity contribution in [2.75, 3.05) is 43.9 Å². The molecule has 0 radical (unpaired) electrons. The van der Waals surface area contributed by atoms with Gasteiger partial charge in [0.1, 0.15) is 10.7 Å². The molecule has 1 aliphatic rings. The number of nitrogen functional groups attached to an aromatic ring is 1. The molecule has 2 rings (SSSR count). The van der Waals surface area contributed by atoms with Crippen molar-refractivity contribution in [1.29, 1.82) is 0 Å². The third kappa shape index (κ3) is 3.65. The third-order valence-electron chi connectivity index (χ3n) is 3.83. The van der Waals surface area contributed by atoms with E-state index in [1.54, 1.807) is 0 Å². The number of carbonyl (C=O) groups is 1. The zero-order chi connectivity index (χ0) is 15.4. The second-order valence-electron chi connectivity index (χ2n) is 5.55. The Morgan fingerprint density at radius 3 is 3.05 bits per heavy atom. The molecule has 1 amide bonds. The van der Waals surface area contributed by atoms with Crippen molar-refractivity contribution in [3.05, 3.63) is 4.88 Å². The molecular formula is C14H24N4O2S. The summed E-state index contributed by atoms with van der Waals surface area (Å²) in [6, 6.07) is 0. The molecule has 1 aromatic heterocycles. The number of aliphatic hydroxyl groups excluding tert-OH is 1. The van der Waals surface area contributed by atoms with Crippen LogP contribution in [0.25, 0.3) is 0 Å². The van der Waals surface area contributed by atoms with E-state index in [2.05, 4.69) is 11.9 Å². The van der Waals surface area contributed by atoms with Crippen LogP contribution in [0.4, 0.5) is 10.9 Å². The maximum absolute atomic E-state index is 12.5. The van der Waals surface area contributed by atoms with Gasteiger partial charge < -0.3 is 20.6 Å². The molecule has 0 saturated carbocycles. The number of aliphatic hydroxyl groups is 1. The van der Waals surface area contributed by atoms with Gasteiger partial charge in [0.2, 0.25) is 0 Å². The van der Waals surface area contributed by atoms with Crippen LogP contribution in [-0.2, 0) is 0 Å². The van der Waals surface area contributed by atoms with E-state index in [9.17, 15) is 4.79 Å². The molecule has 1 atom stereocenters. The number of likely N-dealkylation sites (tertiary alicyclic amines) is 1. The van der Waals surface area contributed by atoms with Gasteiger partial charge in [-0.3, -0.25) is 4.79 Å². The van der Waals surface area contributed by atoms with Gasteiger partial charge in [-0.2, -0.15) is 0 Å². The molecule has 0 aliphatic carbocycles. The van der Waals surface area contributed by atoms with Crippen molar-refractivity contribution in [3.8, 4) is 0 Å². The highest BCUT2D eigenvalue weighted by Gasteiger charge is 2.29. The number of aromatic nitrogens is 1. The summed E-state index contributed by atoms with van der Waals surface area (Å²) >= 11 is 1.37. The minimum absolute atomic E-state index is 0.0263. The molecule has 1 saturated heterocycles. The molecule has 6 nitrogen and oxygen atoms in total. The Hall–Kier alpha value is -1.34. The maximum atomic E-state index is 12.5. The average Bonchev–Trinajstić information content (AvgIpc) is 3.06. The first-order chi connectivity index (χ1) is 10.1. The zero-order valence-electron chi connectivity index (χ0n) is 12.7. The van der Waals surface area contributed by atoms with Gasteiger partial charge in [-0.1, -0.05) is 18.3 Å². The molecule has 3 N–H and O–H groups in total. The summed E-state index contributed by atoms with van der Waals surface area (Å²) in [4.78, 5) is 21.2. The number of hydrogen-bond acceptors (Lipinski definition) is 6. The predicted molar refractivity (Wildman–Crippen MR) is 85.8 cm³/mol. The molecule has 1 fully saturated rings. The highest BCUT2D eigenvalue weighted by molar-refractivity contribution is 7.18. The van der Waals surface area contributed by atoms with Gasteiger partial charge in [0, 0.05) is 33.3 Å². The first-order valence-corrected chi connectivity index (χ1v) is 8.26. The summed E-state index contributed by atoms with van der Waals surface area (Å²) < 4.78 is 0. The van der Waals surface area contributed by atoms with Crippen LogP contribution in [0.15, 0.2) is 0 Å². The normalized spacial score (nSPS) is 18.2. The van der Waals surface area contributed by atoms with Gasteiger partial charge in [0.05, 0.1) is 0 Å². The topological polar surface area (TPSA) is 82.7 Å². The van der Waals surface area contributed by atoms with Crippen molar-refractivity contribution < 1.29 is 9.90 Å². The highest BCUT2D eigenvalue weighted by Crippen LogP contribution is 2.30. The standard InChI is InChI=1S/C14H24N4O2S/c1-3-6-17(2)14-16-12(15)11(21-14)13(20)18-7-4-10(9-18)5-8-19/h10,19H,3-9,15H2,1-2H3. The molecule has 118 valence electrons. The van der Waals surface area contributed by atoms with E-state index in [0.29, 0.717) is 23.2 Å². The van der Waals surface area contributed by atoms with Crippen LogP contribution in [0.5, 0.6) is 0 Å². The number of nitrogens with two attached hydrogens (primary N) is 1. The zero-order valence-corrected chi connectivity index (χ0v) is 13.5. The van der Waals surface area contributed by atoms with Crippen molar-refractivity contribution >= 4 is 28.2 Å². The number of anilines is 2. The summed E-state index contributed by atoms with van der Waals surface area (Å²) in [5, 5.41) is 9.79. The Balaban J connectivity index is 2.06. The van der Waals surface area contributed by atoms with E-state index >= 15 is 0 Å². The number of rotatable bonds is 6. The van der Waals surface area contributed by atoms with Crippen molar-refractivity contribution in [2.45, 2.75) is 26.2 Å². The molecule has 7 heteroatoms. The molecule has 2 heterocycles. The number of hydrogen-bond donors (Lipinski definition) is 2. The Morgan fingerprint density at radius 1 is 1.62 bits per heavy atom. The molecule has 1 aliphatic heterocycles. The first-order valence-electron chi connectivity index (χ1n) is 7.44. The van der Waals surface area contributed by atoms with Crippen LogP contribution in [0.1, 0.15) is 35.9 Å². The molecule has 21 heavy (non-hydrogen) atoms. The second-order valence-corrected chi connectivity index (χ2v) is 6.53. The lowest BCUT2D eigenvalue weighted by Gasteiger charge is -2.15. The lowest BCUT2D eigenvalue weighted by molar-refractivity contribution is 0.0790. The van der Waals surface area contributed by atoms with Crippen molar-refractivity contribution in [1.82, 2.24) is 9.88 Å². The average molecular weight is 312 g/mol. The minimum atomic E-state index is -0.0263. The highest BCUT2D eigenvalue weighted by atomic mass is 32.1. The van der Waals surface area contributed by atoms with Crippen LogP contribution < -0.4 is 10.6 Å². The van der Waals surface area contributed by atoms with Crippen LogP contribution in [0, 0.1) is 5.92 Å². The first kappa shape index (κ1) is 16.0. The van der Waals surface area contributed by atoms with E-state index in [1.807, 2.05) is 16.8 Å². The second kappa shape index (κ2) is 7.09. The lowest BCUT2D eigenvalue weighted by atomic mass is 10.1. The van der Waals surface area contributed by atoms with Crippen LogP contribution >= 0.6 is 11.3 Å². The van der Waals surface area contributed by atoms with Crippen LogP contribution in [0.3, 0.4) is 0 Å². The SMILES string of the molecule is CCCN(C)c1nc(N)c(C(=O)N2CCC(CCO)C2)s1. The van der Waals surface area contributed by atoms with E-state index in [1.165, 1.54) is 11.3 Å². The molecular weight excluding hydrogens is 288 g/mol. The van der Waals surface area contributed by atoms with Gasteiger partial charge in [-0.15, -0.1) is 0 Å². The largest absolute Gasteiger partial charge is 0.396 e. The van der Waals surface area contributed by atoms with Crippen LogP contribution in [-0.4, -0.2) is 54.2 Å². The lowest BCUT2D eigenvalue weighted by Crippen LogP contribution is -2.28. The minimum Gasteiger partial charge on any atom is -0.396 e. The van der Waals surface area contributed by atoms with E-state index in [4.69, 9.17) is 10.8 Å². The van der Waals surface area contributed by atoms with Crippen molar-refractivity contribution in [2.24, 2.45) is 5.92 Å². The Labute approximate surface area is 129 Å². The quantitative estimate of drug-likeness (QED) is 0.830.